The summed E-state index contributed by atoms with van der Waals surface area (Å²) in [7, 11) is 1.57. The van der Waals surface area contributed by atoms with E-state index in [1.807, 2.05) is 0 Å². The van der Waals surface area contributed by atoms with E-state index in [0.29, 0.717) is 17.2 Å². The Bertz CT molecular complexity index is 383. The number of ether oxygens (including phenoxy) is 1. The second-order valence-electron chi connectivity index (χ2n) is 3.13. The van der Waals surface area contributed by atoms with Gasteiger partial charge in [-0.2, -0.15) is 0 Å². The van der Waals surface area contributed by atoms with E-state index < -0.39 is 6.23 Å². The average Bonchev–Trinajstić information content (AvgIpc) is 2.59. The number of rotatable bonds is 2. The first-order valence-electron chi connectivity index (χ1n) is 4.50. The fraction of sp³-hybridized carbons (Fsp3) is 0.300. The number of methoxy groups -OCH3 is 1. The van der Waals surface area contributed by atoms with Crippen LogP contribution in [0.15, 0.2) is 24.3 Å². The van der Waals surface area contributed by atoms with Crippen LogP contribution in [0.5, 0.6) is 5.75 Å². The van der Waals surface area contributed by atoms with Crippen molar-refractivity contribution >= 4 is 22.7 Å². The Morgan fingerprint density at radius 2 is 2.40 bits per heavy atom. The van der Waals surface area contributed by atoms with Crippen molar-refractivity contribution in [2.45, 2.75) is 6.23 Å². The van der Waals surface area contributed by atoms with Crippen LogP contribution in [0, 0.1) is 0 Å². The van der Waals surface area contributed by atoms with Crippen LogP contribution < -0.4 is 9.64 Å². The molecule has 0 bridgehead atoms. The summed E-state index contributed by atoms with van der Waals surface area (Å²) in [6.45, 7) is 0. The topological polar surface area (TPSA) is 49.8 Å². The largest absolute Gasteiger partial charge is 0.497 e. The van der Waals surface area contributed by atoms with Crippen molar-refractivity contribution in [1.82, 2.24) is 0 Å². The van der Waals surface area contributed by atoms with Gasteiger partial charge in [-0.05, 0) is 12.1 Å². The third-order valence-electron chi connectivity index (χ3n) is 2.18. The van der Waals surface area contributed by atoms with E-state index in [-0.39, 0.29) is 5.24 Å². The quantitative estimate of drug-likeness (QED) is 0.832. The van der Waals surface area contributed by atoms with E-state index in [2.05, 4.69) is 0 Å². The fourth-order valence-electron chi connectivity index (χ4n) is 1.45. The molecule has 5 heteroatoms. The number of hydrogen-bond acceptors (Lipinski definition) is 4. The van der Waals surface area contributed by atoms with Crippen molar-refractivity contribution in [3.05, 3.63) is 24.3 Å². The average molecular weight is 225 g/mol. The maximum Gasteiger partial charge on any atom is 0.288 e. The molecule has 0 aromatic heterocycles. The summed E-state index contributed by atoms with van der Waals surface area (Å²) in [5.74, 6) is 1.08. The minimum absolute atomic E-state index is 0.129. The van der Waals surface area contributed by atoms with Gasteiger partial charge in [-0.3, -0.25) is 9.69 Å². The molecule has 1 fully saturated rings. The number of aliphatic hydroxyl groups excluding tert-OH is 1. The number of thioether (sulfide) groups is 1. The summed E-state index contributed by atoms with van der Waals surface area (Å²) < 4.78 is 5.06. The monoisotopic (exact) mass is 225 g/mol. The molecular weight excluding hydrogens is 214 g/mol. The highest BCUT2D eigenvalue weighted by Crippen LogP contribution is 2.30. The van der Waals surface area contributed by atoms with Crippen molar-refractivity contribution in [1.29, 1.82) is 0 Å². The van der Waals surface area contributed by atoms with Crippen molar-refractivity contribution < 1.29 is 14.6 Å². The molecule has 1 atom stereocenters. The Kier molecular flexibility index (Phi) is 2.83. The smallest absolute Gasteiger partial charge is 0.288 e. The molecular formula is C10H11NO3S. The van der Waals surface area contributed by atoms with Gasteiger partial charge in [0.1, 0.15) is 12.0 Å². The second-order valence-corrected chi connectivity index (χ2v) is 4.10. The van der Waals surface area contributed by atoms with Crippen LogP contribution >= 0.6 is 11.8 Å². The van der Waals surface area contributed by atoms with Crippen LogP contribution in [-0.4, -0.2) is 29.4 Å². The Balaban J connectivity index is 2.31. The number of carbonyl (C=O) groups is 1. The third kappa shape index (κ3) is 1.93. The van der Waals surface area contributed by atoms with E-state index in [1.165, 1.54) is 4.90 Å². The first-order chi connectivity index (χ1) is 7.22. The van der Waals surface area contributed by atoms with E-state index in [9.17, 15) is 9.90 Å². The van der Waals surface area contributed by atoms with Crippen molar-refractivity contribution in [3.8, 4) is 5.75 Å². The van der Waals surface area contributed by atoms with E-state index in [4.69, 9.17) is 4.74 Å². The molecule has 0 aliphatic carbocycles. The zero-order valence-corrected chi connectivity index (χ0v) is 9.03. The Morgan fingerprint density at radius 3 is 3.00 bits per heavy atom. The van der Waals surface area contributed by atoms with E-state index >= 15 is 0 Å². The molecule has 15 heavy (non-hydrogen) atoms. The first-order valence-corrected chi connectivity index (χ1v) is 5.49. The molecule has 1 aromatic rings. The predicted molar refractivity (Wildman–Crippen MR) is 59.3 cm³/mol. The van der Waals surface area contributed by atoms with Crippen LogP contribution in [0.25, 0.3) is 0 Å². The molecule has 2 rings (SSSR count). The maximum atomic E-state index is 11.5. The lowest BCUT2D eigenvalue weighted by Crippen LogP contribution is -2.32. The van der Waals surface area contributed by atoms with Gasteiger partial charge in [-0.25, -0.2) is 0 Å². The van der Waals surface area contributed by atoms with Crippen molar-refractivity contribution in [2.24, 2.45) is 0 Å². The lowest BCUT2D eigenvalue weighted by atomic mass is 10.3. The maximum absolute atomic E-state index is 11.5. The zero-order chi connectivity index (χ0) is 10.8. The summed E-state index contributed by atoms with van der Waals surface area (Å²) in [6, 6.07) is 7.09. The normalized spacial score (nSPS) is 20.8. The molecule has 1 heterocycles. The number of benzene rings is 1. The Morgan fingerprint density at radius 1 is 1.60 bits per heavy atom. The van der Waals surface area contributed by atoms with Gasteiger partial charge >= 0.3 is 0 Å². The molecule has 0 spiro atoms. The highest BCUT2D eigenvalue weighted by Gasteiger charge is 2.31. The van der Waals surface area contributed by atoms with Crippen molar-refractivity contribution in [3.63, 3.8) is 0 Å². The molecule has 1 saturated heterocycles. The highest BCUT2D eigenvalue weighted by molar-refractivity contribution is 8.14. The summed E-state index contributed by atoms with van der Waals surface area (Å²) >= 11 is 1.12. The van der Waals surface area contributed by atoms with E-state index in [0.717, 1.165) is 11.8 Å². The van der Waals surface area contributed by atoms with Crippen molar-refractivity contribution in [2.75, 3.05) is 17.8 Å². The summed E-state index contributed by atoms with van der Waals surface area (Å²) in [4.78, 5) is 12.8. The Labute approximate surface area is 91.8 Å². The van der Waals surface area contributed by atoms with Gasteiger partial charge in [0.25, 0.3) is 5.24 Å². The highest BCUT2D eigenvalue weighted by atomic mass is 32.2. The van der Waals surface area contributed by atoms with Crippen LogP contribution in [0.2, 0.25) is 0 Å². The van der Waals surface area contributed by atoms with Gasteiger partial charge in [0, 0.05) is 11.8 Å². The number of hydrogen-bond donors (Lipinski definition) is 1. The van der Waals surface area contributed by atoms with Crippen LogP contribution in [0.1, 0.15) is 0 Å². The SMILES string of the molecule is COc1cccc(N2C(=O)SCC2O)c1. The second kappa shape index (κ2) is 4.12. The number of carbonyl (C=O) groups excluding carboxylic acids is 1. The molecule has 1 N–H and O–H groups in total. The zero-order valence-electron chi connectivity index (χ0n) is 8.21. The standard InChI is InChI=1S/C10H11NO3S/c1-14-8-4-2-3-7(5-8)11-9(12)6-15-10(11)13/h2-5,9,12H,6H2,1H3. The van der Waals surface area contributed by atoms with Gasteiger partial charge < -0.3 is 9.84 Å². The van der Waals surface area contributed by atoms with Gasteiger partial charge in [0.2, 0.25) is 0 Å². The fourth-order valence-corrected chi connectivity index (χ4v) is 2.26. The van der Waals surface area contributed by atoms with Gasteiger partial charge in [0.05, 0.1) is 12.8 Å². The third-order valence-corrected chi connectivity index (χ3v) is 3.09. The molecule has 0 radical (unpaired) electrons. The summed E-state index contributed by atoms with van der Waals surface area (Å²) in [6.07, 6.45) is -0.741. The molecule has 1 aromatic carbocycles. The lowest BCUT2D eigenvalue weighted by molar-refractivity contribution is 0.200. The molecule has 1 unspecified atom stereocenters. The number of amides is 1. The molecule has 0 saturated carbocycles. The van der Waals surface area contributed by atoms with Gasteiger partial charge in [0.15, 0.2) is 0 Å². The predicted octanol–water partition coefficient (Wildman–Crippen LogP) is 1.69. The number of nitrogens with zero attached hydrogens (tertiary/aromatic N) is 1. The summed E-state index contributed by atoms with van der Waals surface area (Å²) in [5, 5.41) is 9.49. The van der Waals surface area contributed by atoms with E-state index in [1.54, 1.807) is 31.4 Å². The van der Waals surface area contributed by atoms with Crippen LogP contribution in [0.3, 0.4) is 0 Å². The first kappa shape index (κ1) is 10.3. The van der Waals surface area contributed by atoms with Crippen LogP contribution in [-0.2, 0) is 0 Å². The Hall–Kier alpha value is -1.20. The minimum atomic E-state index is -0.741. The molecule has 1 aliphatic heterocycles. The lowest BCUT2D eigenvalue weighted by Gasteiger charge is -2.19. The van der Waals surface area contributed by atoms with Gasteiger partial charge in [-0.1, -0.05) is 17.8 Å². The summed E-state index contributed by atoms with van der Waals surface area (Å²) in [5.41, 5.74) is 0.664. The molecule has 80 valence electrons. The number of anilines is 1. The minimum Gasteiger partial charge on any atom is -0.497 e. The van der Waals surface area contributed by atoms with Crippen LogP contribution in [0.4, 0.5) is 10.5 Å². The molecule has 4 nitrogen and oxygen atoms in total. The molecule has 1 amide bonds. The number of aliphatic hydroxyl groups is 1. The molecule has 1 aliphatic rings. The van der Waals surface area contributed by atoms with Gasteiger partial charge in [-0.15, -0.1) is 0 Å².